The van der Waals surface area contributed by atoms with E-state index in [9.17, 15) is 23.1 Å². The van der Waals surface area contributed by atoms with Gasteiger partial charge in [0.05, 0.1) is 0 Å². The summed E-state index contributed by atoms with van der Waals surface area (Å²) in [6, 6.07) is 4.35. The maximum Gasteiger partial charge on any atom is 0.417 e. The molecule has 2 rings (SSSR count). The van der Waals surface area contributed by atoms with Crippen molar-refractivity contribution in [2.24, 2.45) is 0 Å². The van der Waals surface area contributed by atoms with Crippen LogP contribution >= 0.6 is 0 Å². The highest BCUT2D eigenvalue weighted by Gasteiger charge is 2.53. The van der Waals surface area contributed by atoms with Crippen molar-refractivity contribution >= 4 is 11.8 Å². The summed E-state index contributed by atoms with van der Waals surface area (Å²) in [5.74, 6) is -0.889. The molecule has 21 heavy (non-hydrogen) atoms. The van der Waals surface area contributed by atoms with Gasteiger partial charge < -0.3 is 15.1 Å². The monoisotopic (exact) mass is 304 g/mol. The van der Waals surface area contributed by atoms with Crippen LogP contribution in [0.2, 0.25) is 0 Å². The van der Waals surface area contributed by atoms with Crippen LogP contribution in [0, 0.1) is 0 Å². The van der Waals surface area contributed by atoms with Gasteiger partial charge in [-0.3, -0.25) is 0 Å². The number of aromatic nitrogens is 1. The van der Waals surface area contributed by atoms with Crippen LogP contribution in [0.1, 0.15) is 29.8 Å². The number of carboxylic acid groups (broad SMARTS) is 1. The van der Waals surface area contributed by atoms with Crippen molar-refractivity contribution < 1.29 is 28.2 Å². The highest BCUT2D eigenvalue weighted by molar-refractivity contribution is 5.85. The van der Waals surface area contributed by atoms with Gasteiger partial charge in [0.1, 0.15) is 5.82 Å². The van der Waals surface area contributed by atoms with E-state index in [-0.39, 0.29) is 31.6 Å². The minimum atomic E-state index is -4.67. The van der Waals surface area contributed by atoms with E-state index in [0.29, 0.717) is 5.82 Å². The highest BCUT2D eigenvalue weighted by Crippen LogP contribution is 2.38. The first-order valence-corrected chi connectivity index (χ1v) is 6.47. The normalized spacial score (nSPS) is 23.7. The Morgan fingerprint density at radius 1 is 1.29 bits per heavy atom. The van der Waals surface area contributed by atoms with Crippen molar-refractivity contribution in [2.75, 3.05) is 18.0 Å². The largest absolute Gasteiger partial charge is 0.477 e. The van der Waals surface area contributed by atoms with E-state index >= 15 is 0 Å². The zero-order chi connectivity index (χ0) is 15.7. The maximum atomic E-state index is 12.8. The second-order valence-electron chi connectivity index (χ2n) is 5.06. The lowest BCUT2D eigenvalue weighted by Crippen LogP contribution is -2.45. The number of aromatic carboxylic acids is 1. The van der Waals surface area contributed by atoms with E-state index in [0.717, 1.165) is 0 Å². The molecule has 8 heteroatoms. The Morgan fingerprint density at radius 2 is 2.00 bits per heavy atom. The molecular weight excluding hydrogens is 289 g/mol. The summed E-state index contributed by atoms with van der Waals surface area (Å²) in [4.78, 5) is 16.3. The van der Waals surface area contributed by atoms with E-state index in [4.69, 9.17) is 5.11 Å². The number of hydrogen-bond acceptors (Lipinski definition) is 4. The Labute approximate surface area is 119 Å². The van der Waals surface area contributed by atoms with Crippen molar-refractivity contribution in [3.05, 3.63) is 23.9 Å². The Hall–Kier alpha value is -1.83. The molecule has 0 aromatic carbocycles. The van der Waals surface area contributed by atoms with E-state index in [2.05, 4.69) is 4.98 Å². The van der Waals surface area contributed by atoms with Gasteiger partial charge in [0.15, 0.2) is 11.3 Å². The fourth-order valence-corrected chi connectivity index (χ4v) is 2.35. The molecule has 2 N–H and O–H groups in total. The molecule has 116 valence electrons. The number of anilines is 1. The predicted octanol–water partition coefficient (Wildman–Crippen LogP) is 2.06. The Kier molecular flexibility index (Phi) is 4.08. The SMILES string of the molecule is O=C(O)c1cccc(N2CCCC(O)(C(F)(F)F)CC2)n1. The third kappa shape index (κ3) is 3.26. The van der Waals surface area contributed by atoms with Crippen LogP contribution in [0.5, 0.6) is 0 Å². The fourth-order valence-electron chi connectivity index (χ4n) is 2.35. The molecule has 1 aromatic heterocycles. The summed E-state index contributed by atoms with van der Waals surface area (Å²) in [6.45, 7) is 0.251. The summed E-state index contributed by atoms with van der Waals surface area (Å²) in [5, 5.41) is 18.6. The first kappa shape index (κ1) is 15.6. The summed E-state index contributed by atoms with van der Waals surface area (Å²) in [6.07, 6.45) is -5.35. The molecule has 2 heterocycles. The third-order valence-corrected chi connectivity index (χ3v) is 3.62. The number of halogens is 3. The van der Waals surface area contributed by atoms with E-state index in [1.807, 2.05) is 0 Å². The minimum Gasteiger partial charge on any atom is -0.477 e. The first-order chi connectivity index (χ1) is 9.73. The number of carbonyl (C=O) groups is 1. The van der Waals surface area contributed by atoms with Crippen LogP contribution in [0.15, 0.2) is 18.2 Å². The summed E-state index contributed by atoms with van der Waals surface area (Å²) in [7, 11) is 0. The molecule has 1 unspecified atom stereocenters. The van der Waals surface area contributed by atoms with Crippen molar-refractivity contribution in [2.45, 2.75) is 31.0 Å². The number of aliphatic hydroxyl groups is 1. The summed E-state index contributed by atoms with van der Waals surface area (Å²) >= 11 is 0. The molecule has 0 amide bonds. The van der Waals surface area contributed by atoms with E-state index in [1.165, 1.54) is 12.1 Å². The van der Waals surface area contributed by atoms with Gasteiger partial charge in [0.25, 0.3) is 0 Å². The second-order valence-corrected chi connectivity index (χ2v) is 5.06. The van der Waals surface area contributed by atoms with Gasteiger partial charge in [0.2, 0.25) is 0 Å². The van der Waals surface area contributed by atoms with Gasteiger partial charge in [0, 0.05) is 19.5 Å². The molecular formula is C13H15F3N2O3. The van der Waals surface area contributed by atoms with Gasteiger partial charge in [-0.15, -0.1) is 0 Å². The Bertz CT molecular complexity index is 536. The van der Waals surface area contributed by atoms with Crippen molar-refractivity contribution in [3.8, 4) is 0 Å². The Morgan fingerprint density at radius 3 is 2.62 bits per heavy atom. The van der Waals surface area contributed by atoms with Gasteiger partial charge in [-0.2, -0.15) is 13.2 Å². The Balaban J connectivity index is 2.17. The van der Waals surface area contributed by atoms with E-state index in [1.54, 1.807) is 11.0 Å². The van der Waals surface area contributed by atoms with Crippen molar-refractivity contribution in [1.82, 2.24) is 4.98 Å². The van der Waals surface area contributed by atoms with Crippen LogP contribution < -0.4 is 4.90 Å². The molecule has 1 saturated heterocycles. The lowest BCUT2D eigenvalue weighted by molar-refractivity contribution is -0.263. The van der Waals surface area contributed by atoms with Crippen LogP contribution in [0.4, 0.5) is 19.0 Å². The molecule has 5 nitrogen and oxygen atoms in total. The van der Waals surface area contributed by atoms with Crippen LogP contribution in [-0.4, -0.2) is 46.0 Å². The lowest BCUT2D eigenvalue weighted by atomic mass is 9.94. The average Bonchev–Trinajstić information content (AvgIpc) is 2.61. The summed E-state index contributed by atoms with van der Waals surface area (Å²) in [5.41, 5.74) is -2.85. The topological polar surface area (TPSA) is 73.7 Å². The molecule has 1 aliphatic heterocycles. The molecule has 1 atom stereocenters. The van der Waals surface area contributed by atoms with Gasteiger partial charge in [-0.25, -0.2) is 9.78 Å². The zero-order valence-electron chi connectivity index (χ0n) is 11.1. The standard InChI is InChI=1S/C13H15F3N2O3/c14-13(15,16)12(21)5-2-7-18(8-6-12)10-4-1-3-9(17-10)11(19)20/h1,3-4,21H,2,5-8H2,(H,19,20). The van der Waals surface area contributed by atoms with Crippen molar-refractivity contribution in [1.29, 1.82) is 0 Å². The lowest BCUT2D eigenvalue weighted by Gasteiger charge is -2.29. The number of nitrogens with zero attached hydrogens (tertiary/aromatic N) is 2. The van der Waals surface area contributed by atoms with Crippen LogP contribution in [-0.2, 0) is 0 Å². The van der Waals surface area contributed by atoms with Gasteiger partial charge in [-0.1, -0.05) is 6.07 Å². The second kappa shape index (κ2) is 5.51. The van der Waals surface area contributed by atoms with Crippen LogP contribution in [0.3, 0.4) is 0 Å². The molecule has 0 bridgehead atoms. The smallest absolute Gasteiger partial charge is 0.417 e. The number of rotatable bonds is 2. The number of hydrogen-bond donors (Lipinski definition) is 2. The minimum absolute atomic E-state index is 0.0356. The molecule has 1 fully saturated rings. The average molecular weight is 304 g/mol. The van der Waals surface area contributed by atoms with Crippen molar-refractivity contribution in [3.63, 3.8) is 0 Å². The third-order valence-electron chi connectivity index (χ3n) is 3.62. The molecule has 0 aliphatic carbocycles. The van der Waals surface area contributed by atoms with E-state index < -0.39 is 24.2 Å². The molecule has 1 aliphatic rings. The molecule has 0 spiro atoms. The predicted molar refractivity (Wildman–Crippen MR) is 68.3 cm³/mol. The number of pyridine rings is 1. The first-order valence-electron chi connectivity index (χ1n) is 6.47. The quantitative estimate of drug-likeness (QED) is 0.875. The number of alkyl halides is 3. The van der Waals surface area contributed by atoms with Crippen LogP contribution in [0.25, 0.3) is 0 Å². The fraction of sp³-hybridized carbons (Fsp3) is 0.538. The zero-order valence-corrected chi connectivity index (χ0v) is 11.1. The molecule has 1 aromatic rings. The van der Waals surface area contributed by atoms with Gasteiger partial charge in [-0.05, 0) is 25.0 Å². The number of carboxylic acids is 1. The molecule has 0 saturated carbocycles. The highest BCUT2D eigenvalue weighted by atomic mass is 19.4. The molecule has 0 radical (unpaired) electrons. The van der Waals surface area contributed by atoms with Gasteiger partial charge >= 0.3 is 12.1 Å². The maximum absolute atomic E-state index is 12.8. The summed E-state index contributed by atoms with van der Waals surface area (Å²) < 4.78 is 38.5.